The molecule has 39 heavy (non-hydrogen) atoms. The fourth-order valence-electron chi connectivity index (χ4n) is 5.89. The number of benzene rings is 6. The second-order valence-electron chi connectivity index (χ2n) is 10.3. The van der Waals surface area contributed by atoms with Crippen molar-refractivity contribution in [3.63, 3.8) is 0 Å². The number of aromatic nitrogens is 1. The number of hydrogen-bond donors (Lipinski definition) is 0. The van der Waals surface area contributed by atoms with E-state index in [-0.39, 0.29) is 0 Å². The highest BCUT2D eigenvalue weighted by atomic mass is 32.1. The summed E-state index contributed by atoms with van der Waals surface area (Å²) in [5, 5.41) is 5.22. The van der Waals surface area contributed by atoms with Crippen LogP contribution in [0.1, 0.15) is 5.56 Å². The maximum Gasteiger partial charge on any atom is 0.0547 e. The molecule has 0 unspecified atom stereocenters. The van der Waals surface area contributed by atoms with Gasteiger partial charge in [0.25, 0.3) is 0 Å². The lowest BCUT2D eigenvalue weighted by atomic mass is 10.00. The van der Waals surface area contributed by atoms with Gasteiger partial charge >= 0.3 is 0 Å². The van der Waals surface area contributed by atoms with Gasteiger partial charge in [-0.25, -0.2) is 0 Å². The van der Waals surface area contributed by atoms with Gasteiger partial charge in [0.15, 0.2) is 0 Å². The maximum absolute atomic E-state index is 2.39. The number of aryl methyl sites for hydroxylation is 1. The van der Waals surface area contributed by atoms with Gasteiger partial charge in [0.05, 0.1) is 11.0 Å². The van der Waals surface area contributed by atoms with Crippen molar-refractivity contribution < 1.29 is 0 Å². The van der Waals surface area contributed by atoms with Crippen molar-refractivity contribution in [3.05, 3.63) is 139 Å². The Morgan fingerprint density at radius 1 is 0.436 bits per heavy atom. The van der Waals surface area contributed by atoms with E-state index in [0.717, 1.165) is 0 Å². The van der Waals surface area contributed by atoms with Crippen LogP contribution in [-0.2, 0) is 0 Å². The van der Waals surface area contributed by atoms with Crippen molar-refractivity contribution in [2.75, 3.05) is 0 Å². The average Bonchev–Trinajstić information content (AvgIpc) is 3.52. The van der Waals surface area contributed by atoms with E-state index in [2.05, 4.69) is 145 Å². The second-order valence-corrected chi connectivity index (χ2v) is 11.4. The van der Waals surface area contributed by atoms with E-state index in [4.69, 9.17) is 0 Å². The van der Waals surface area contributed by atoms with E-state index in [1.165, 1.54) is 75.5 Å². The van der Waals surface area contributed by atoms with E-state index >= 15 is 0 Å². The molecule has 6 aromatic carbocycles. The Kier molecular flexibility index (Phi) is 4.98. The molecule has 8 aromatic rings. The smallest absolute Gasteiger partial charge is 0.0547 e. The highest BCUT2D eigenvalue weighted by Gasteiger charge is 2.14. The Labute approximate surface area is 231 Å². The van der Waals surface area contributed by atoms with Crippen LogP contribution in [0.4, 0.5) is 0 Å². The summed E-state index contributed by atoms with van der Waals surface area (Å²) in [6, 6.07) is 48.9. The zero-order chi connectivity index (χ0) is 25.9. The summed E-state index contributed by atoms with van der Waals surface area (Å²) in [5.74, 6) is 0. The van der Waals surface area contributed by atoms with Crippen molar-refractivity contribution in [3.8, 4) is 27.9 Å². The molecule has 2 aromatic heterocycles. The van der Waals surface area contributed by atoms with Crippen LogP contribution >= 0.6 is 11.3 Å². The van der Waals surface area contributed by atoms with Crippen LogP contribution in [0.25, 0.3) is 69.9 Å². The molecule has 1 nitrogen and oxygen atoms in total. The Balaban J connectivity index is 1.29. The molecule has 0 aliphatic rings. The first-order chi connectivity index (χ1) is 19.2. The fourth-order valence-corrected chi connectivity index (χ4v) is 7.01. The third kappa shape index (κ3) is 3.60. The lowest BCUT2D eigenvalue weighted by Gasteiger charge is -2.09. The Morgan fingerprint density at radius 2 is 1.08 bits per heavy atom. The quantitative estimate of drug-likeness (QED) is 0.220. The second kappa shape index (κ2) is 8.69. The SMILES string of the molecule is Cc1ccc(-c2ccc3c(c2)sc2ccc(-c4ccc5c6ccccc6n(-c6ccccc6)c5c4)cc23)cc1. The third-order valence-corrected chi connectivity index (χ3v) is 9.01. The molecular formula is C37H25NS. The molecule has 0 bridgehead atoms. The van der Waals surface area contributed by atoms with Crippen molar-refractivity contribution in [2.45, 2.75) is 6.92 Å². The topological polar surface area (TPSA) is 4.93 Å². The van der Waals surface area contributed by atoms with Crippen LogP contribution < -0.4 is 0 Å². The monoisotopic (exact) mass is 515 g/mol. The van der Waals surface area contributed by atoms with Crippen LogP contribution in [0.15, 0.2) is 133 Å². The van der Waals surface area contributed by atoms with E-state index < -0.39 is 0 Å². The highest BCUT2D eigenvalue weighted by Crippen LogP contribution is 2.40. The molecule has 0 atom stereocenters. The van der Waals surface area contributed by atoms with Crippen LogP contribution in [0.2, 0.25) is 0 Å². The minimum Gasteiger partial charge on any atom is -0.309 e. The van der Waals surface area contributed by atoms with E-state index in [1.807, 2.05) is 11.3 Å². The zero-order valence-electron chi connectivity index (χ0n) is 21.6. The number of hydrogen-bond acceptors (Lipinski definition) is 1. The van der Waals surface area contributed by atoms with E-state index in [0.29, 0.717) is 0 Å². The fraction of sp³-hybridized carbons (Fsp3) is 0.0270. The summed E-state index contributed by atoms with van der Waals surface area (Å²) in [6.07, 6.45) is 0. The molecule has 0 aliphatic heterocycles. The lowest BCUT2D eigenvalue weighted by Crippen LogP contribution is -1.93. The molecule has 0 spiro atoms. The van der Waals surface area contributed by atoms with Crippen LogP contribution in [0.5, 0.6) is 0 Å². The molecule has 0 saturated heterocycles. The zero-order valence-corrected chi connectivity index (χ0v) is 22.4. The van der Waals surface area contributed by atoms with Crippen LogP contribution in [0, 0.1) is 6.92 Å². The predicted molar refractivity (Wildman–Crippen MR) is 169 cm³/mol. The first kappa shape index (κ1) is 22.3. The van der Waals surface area contributed by atoms with Gasteiger partial charge in [-0.15, -0.1) is 11.3 Å². The molecular weight excluding hydrogens is 490 g/mol. The van der Waals surface area contributed by atoms with Gasteiger partial charge in [-0.3, -0.25) is 0 Å². The van der Waals surface area contributed by atoms with Crippen molar-refractivity contribution in [1.82, 2.24) is 4.57 Å². The molecule has 0 fully saturated rings. The number of para-hydroxylation sites is 2. The standard InChI is InChI=1S/C37H25NS/c1-24-11-13-25(14-12-24)28-16-19-32-33-21-26(17-20-36(33)39-37(32)23-28)27-15-18-31-30-9-5-6-10-34(30)38(35(31)22-27)29-7-3-2-4-8-29/h2-23H,1H3. The first-order valence-corrected chi connectivity index (χ1v) is 14.2. The summed E-state index contributed by atoms with van der Waals surface area (Å²) in [4.78, 5) is 0. The summed E-state index contributed by atoms with van der Waals surface area (Å²) < 4.78 is 5.05. The van der Waals surface area contributed by atoms with Crippen molar-refractivity contribution >= 4 is 53.3 Å². The number of fused-ring (bicyclic) bond motifs is 6. The van der Waals surface area contributed by atoms with Gasteiger partial charge in [0.1, 0.15) is 0 Å². The Hall–Kier alpha value is -4.66. The molecule has 2 heteroatoms. The molecule has 0 aliphatic carbocycles. The first-order valence-electron chi connectivity index (χ1n) is 13.4. The maximum atomic E-state index is 2.39. The van der Waals surface area contributed by atoms with Gasteiger partial charge in [-0.05, 0) is 71.6 Å². The molecule has 0 amide bonds. The van der Waals surface area contributed by atoms with Gasteiger partial charge in [-0.1, -0.05) is 96.6 Å². The summed E-state index contributed by atoms with van der Waals surface area (Å²) in [6.45, 7) is 2.13. The number of thiophene rings is 1. The summed E-state index contributed by atoms with van der Waals surface area (Å²) in [5.41, 5.74) is 9.96. The normalized spacial score (nSPS) is 11.7. The minimum absolute atomic E-state index is 1.18. The lowest BCUT2D eigenvalue weighted by molar-refractivity contribution is 1.18. The van der Waals surface area contributed by atoms with Crippen LogP contribution in [0.3, 0.4) is 0 Å². The van der Waals surface area contributed by atoms with Crippen molar-refractivity contribution in [1.29, 1.82) is 0 Å². The predicted octanol–water partition coefficient (Wildman–Crippen LogP) is 10.8. The highest BCUT2D eigenvalue weighted by molar-refractivity contribution is 7.25. The Bertz CT molecular complexity index is 2160. The molecule has 0 radical (unpaired) electrons. The van der Waals surface area contributed by atoms with E-state index in [9.17, 15) is 0 Å². The van der Waals surface area contributed by atoms with Gasteiger partial charge in [0.2, 0.25) is 0 Å². The molecule has 184 valence electrons. The summed E-state index contributed by atoms with van der Waals surface area (Å²) >= 11 is 1.88. The van der Waals surface area contributed by atoms with Crippen molar-refractivity contribution in [2.24, 2.45) is 0 Å². The number of nitrogens with zero attached hydrogens (tertiary/aromatic N) is 1. The molecule has 0 N–H and O–H groups in total. The summed E-state index contributed by atoms with van der Waals surface area (Å²) in [7, 11) is 0. The number of rotatable bonds is 3. The molecule has 2 heterocycles. The van der Waals surface area contributed by atoms with Gasteiger partial charge in [-0.2, -0.15) is 0 Å². The molecule has 8 rings (SSSR count). The molecule has 0 saturated carbocycles. The van der Waals surface area contributed by atoms with E-state index in [1.54, 1.807) is 0 Å². The third-order valence-electron chi connectivity index (χ3n) is 7.88. The minimum atomic E-state index is 1.18. The van der Waals surface area contributed by atoms with Gasteiger partial charge in [0, 0.05) is 36.6 Å². The Morgan fingerprint density at radius 3 is 1.92 bits per heavy atom. The average molecular weight is 516 g/mol. The van der Waals surface area contributed by atoms with Gasteiger partial charge < -0.3 is 4.57 Å². The van der Waals surface area contributed by atoms with Crippen LogP contribution in [-0.4, -0.2) is 4.57 Å². The largest absolute Gasteiger partial charge is 0.309 e.